The van der Waals surface area contributed by atoms with Gasteiger partial charge < -0.3 is 5.11 Å². The summed E-state index contributed by atoms with van der Waals surface area (Å²) in [6, 6.07) is 2.29. The third kappa shape index (κ3) is 3.19. The lowest BCUT2D eigenvalue weighted by Crippen LogP contribution is -2.04. The van der Waals surface area contributed by atoms with Crippen molar-refractivity contribution in [3.63, 3.8) is 0 Å². The standard InChI is InChI=1S/C12H12ClNO4S/c13-10-6-7(14(17)18)5-9(12(15)16)11(10)19-8-3-1-2-4-8/h5-6,8H,1-4H2,(H,15,16). The largest absolute Gasteiger partial charge is 0.478 e. The van der Waals surface area contributed by atoms with Gasteiger partial charge in [-0.05, 0) is 12.8 Å². The predicted octanol–water partition coefficient (Wildman–Crippen LogP) is 3.98. The number of hydrogen-bond acceptors (Lipinski definition) is 4. The number of aromatic carboxylic acids is 1. The van der Waals surface area contributed by atoms with Crippen molar-refractivity contribution in [1.29, 1.82) is 0 Å². The molecule has 19 heavy (non-hydrogen) atoms. The van der Waals surface area contributed by atoms with Gasteiger partial charge in [0, 0.05) is 22.3 Å². The van der Waals surface area contributed by atoms with Gasteiger partial charge in [-0.15, -0.1) is 11.8 Å². The highest BCUT2D eigenvalue weighted by molar-refractivity contribution is 8.00. The third-order valence-corrected chi connectivity index (χ3v) is 4.95. The van der Waals surface area contributed by atoms with E-state index < -0.39 is 10.9 Å². The Balaban J connectivity index is 2.39. The first-order valence-electron chi connectivity index (χ1n) is 5.87. The summed E-state index contributed by atoms with van der Waals surface area (Å²) in [6.45, 7) is 0. The molecular weight excluding hydrogens is 290 g/mol. The minimum Gasteiger partial charge on any atom is -0.478 e. The molecule has 0 atom stereocenters. The van der Waals surface area contributed by atoms with Crippen LogP contribution >= 0.6 is 23.4 Å². The highest BCUT2D eigenvalue weighted by Crippen LogP contribution is 2.41. The highest BCUT2D eigenvalue weighted by atomic mass is 35.5. The van der Waals surface area contributed by atoms with Crippen LogP contribution in [0.25, 0.3) is 0 Å². The molecule has 1 fully saturated rings. The van der Waals surface area contributed by atoms with E-state index in [2.05, 4.69) is 0 Å². The van der Waals surface area contributed by atoms with E-state index in [1.165, 1.54) is 17.8 Å². The molecule has 0 radical (unpaired) electrons. The number of nitro benzene ring substituents is 1. The minimum atomic E-state index is -1.19. The summed E-state index contributed by atoms with van der Waals surface area (Å²) < 4.78 is 0. The first kappa shape index (κ1) is 14.1. The lowest BCUT2D eigenvalue weighted by atomic mass is 10.2. The predicted molar refractivity (Wildman–Crippen MR) is 73.2 cm³/mol. The highest BCUT2D eigenvalue weighted by Gasteiger charge is 2.24. The monoisotopic (exact) mass is 301 g/mol. The van der Waals surface area contributed by atoms with Crippen molar-refractivity contribution in [3.05, 3.63) is 32.8 Å². The van der Waals surface area contributed by atoms with Crippen molar-refractivity contribution in [2.45, 2.75) is 35.8 Å². The summed E-state index contributed by atoms with van der Waals surface area (Å²) in [5.41, 5.74) is -0.380. The van der Waals surface area contributed by atoms with E-state index in [-0.39, 0.29) is 16.3 Å². The fourth-order valence-corrected chi connectivity index (χ4v) is 3.83. The number of nitro groups is 1. The van der Waals surface area contributed by atoms with Gasteiger partial charge in [0.2, 0.25) is 0 Å². The lowest BCUT2D eigenvalue weighted by molar-refractivity contribution is -0.384. The zero-order valence-electron chi connectivity index (χ0n) is 9.97. The van der Waals surface area contributed by atoms with Crippen molar-refractivity contribution in [2.75, 3.05) is 0 Å². The number of rotatable bonds is 4. The van der Waals surface area contributed by atoms with Crippen LogP contribution in [-0.2, 0) is 0 Å². The molecule has 0 unspecified atom stereocenters. The Morgan fingerprint density at radius 2 is 2.05 bits per heavy atom. The number of carbonyl (C=O) groups is 1. The summed E-state index contributed by atoms with van der Waals surface area (Å²) in [7, 11) is 0. The maximum Gasteiger partial charge on any atom is 0.337 e. The van der Waals surface area contributed by atoms with Crippen LogP contribution in [0.1, 0.15) is 36.0 Å². The number of carboxylic acid groups (broad SMARTS) is 1. The molecule has 1 aliphatic carbocycles. The molecular formula is C12H12ClNO4S. The fraction of sp³-hybridized carbons (Fsp3) is 0.417. The number of benzene rings is 1. The van der Waals surface area contributed by atoms with E-state index in [1.54, 1.807) is 0 Å². The molecule has 0 bridgehead atoms. The average molecular weight is 302 g/mol. The number of nitrogens with zero attached hydrogens (tertiary/aromatic N) is 1. The van der Waals surface area contributed by atoms with Crippen LogP contribution in [0.5, 0.6) is 0 Å². The molecule has 1 aromatic rings. The van der Waals surface area contributed by atoms with Crippen molar-refractivity contribution >= 4 is 35.0 Å². The summed E-state index contributed by atoms with van der Waals surface area (Å²) >= 11 is 7.43. The zero-order chi connectivity index (χ0) is 14.0. The van der Waals surface area contributed by atoms with E-state index in [9.17, 15) is 20.0 Å². The maximum atomic E-state index is 11.2. The van der Waals surface area contributed by atoms with Crippen LogP contribution in [0.3, 0.4) is 0 Å². The molecule has 0 aromatic heterocycles. The topological polar surface area (TPSA) is 80.4 Å². The van der Waals surface area contributed by atoms with Crippen LogP contribution < -0.4 is 0 Å². The first-order chi connectivity index (χ1) is 8.99. The molecule has 0 saturated heterocycles. The zero-order valence-corrected chi connectivity index (χ0v) is 11.5. The molecule has 102 valence electrons. The van der Waals surface area contributed by atoms with Crippen LogP contribution in [-0.4, -0.2) is 21.2 Å². The van der Waals surface area contributed by atoms with Gasteiger partial charge in [0.15, 0.2) is 0 Å². The molecule has 1 N–H and O–H groups in total. The van der Waals surface area contributed by atoms with E-state index in [0.29, 0.717) is 10.1 Å². The minimum absolute atomic E-state index is 0.0869. The van der Waals surface area contributed by atoms with Crippen molar-refractivity contribution in [3.8, 4) is 0 Å². The SMILES string of the molecule is O=C(O)c1cc([N+](=O)[O-])cc(Cl)c1SC1CCCC1. The Hall–Kier alpha value is -1.27. The van der Waals surface area contributed by atoms with Crippen LogP contribution in [0, 0.1) is 10.1 Å². The van der Waals surface area contributed by atoms with Crippen molar-refractivity contribution in [2.24, 2.45) is 0 Å². The molecule has 1 aromatic carbocycles. The van der Waals surface area contributed by atoms with Gasteiger partial charge in [-0.2, -0.15) is 0 Å². The summed E-state index contributed by atoms with van der Waals surface area (Å²) in [5, 5.41) is 20.4. The fourth-order valence-electron chi connectivity index (χ4n) is 2.14. The third-order valence-electron chi connectivity index (χ3n) is 3.06. The van der Waals surface area contributed by atoms with Gasteiger partial charge in [-0.3, -0.25) is 10.1 Å². The Kier molecular flexibility index (Phi) is 4.31. The van der Waals surface area contributed by atoms with Gasteiger partial charge in [0.1, 0.15) is 0 Å². The molecule has 2 rings (SSSR count). The Bertz CT molecular complexity index is 529. The molecule has 1 saturated carbocycles. The van der Waals surface area contributed by atoms with Crippen LogP contribution in [0.2, 0.25) is 5.02 Å². The smallest absolute Gasteiger partial charge is 0.337 e. The molecule has 7 heteroatoms. The maximum absolute atomic E-state index is 11.2. The molecule has 0 heterocycles. The summed E-state index contributed by atoms with van der Waals surface area (Å²) in [4.78, 5) is 21.8. The van der Waals surface area contributed by atoms with E-state index in [0.717, 1.165) is 31.7 Å². The second-order valence-electron chi connectivity index (χ2n) is 4.39. The van der Waals surface area contributed by atoms with Crippen LogP contribution in [0.4, 0.5) is 5.69 Å². The quantitative estimate of drug-likeness (QED) is 0.672. The van der Waals surface area contributed by atoms with Gasteiger partial charge in [-0.25, -0.2) is 4.79 Å². The van der Waals surface area contributed by atoms with E-state index in [1.807, 2.05) is 0 Å². The Morgan fingerprint density at radius 3 is 2.58 bits per heavy atom. The van der Waals surface area contributed by atoms with E-state index >= 15 is 0 Å². The van der Waals surface area contributed by atoms with Gasteiger partial charge >= 0.3 is 5.97 Å². The number of hydrogen-bond donors (Lipinski definition) is 1. The van der Waals surface area contributed by atoms with Gasteiger partial charge in [0.25, 0.3) is 5.69 Å². The first-order valence-corrected chi connectivity index (χ1v) is 7.12. The normalized spacial score (nSPS) is 15.6. The Labute approximate surface area is 119 Å². The molecule has 0 amide bonds. The summed E-state index contributed by atoms with van der Waals surface area (Å²) in [5.74, 6) is -1.19. The van der Waals surface area contributed by atoms with Crippen molar-refractivity contribution in [1.82, 2.24) is 0 Å². The number of non-ortho nitro benzene ring substituents is 1. The van der Waals surface area contributed by atoms with Crippen molar-refractivity contribution < 1.29 is 14.8 Å². The number of halogens is 1. The second-order valence-corrected chi connectivity index (χ2v) is 6.11. The summed E-state index contributed by atoms with van der Waals surface area (Å²) in [6.07, 6.45) is 4.31. The Morgan fingerprint density at radius 1 is 1.42 bits per heavy atom. The molecule has 1 aliphatic rings. The molecule has 0 spiro atoms. The average Bonchev–Trinajstić information content (AvgIpc) is 2.83. The van der Waals surface area contributed by atoms with Gasteiger partial charge in [-0.1, -0.05) is 24.4 Å². The number of thioether (sulfide) groups is 1. The van der Waals surface area contributed by atoms with Gasteiger partial charge in [0.05, 0.1) is 15.5 Å². The van der Waals surface area contributed by atoms with Crippen LogP contribution in [0.15, 0.2) is 17.0 Å². The number of carboxylic acids is 1. The molecule has 5 nitrogen and oxygen atoms in total. The molecule has 0 aliphatic heterocycles. The van der Waals surface area contributed by atoms with E-state index in [4.69, 9.17) is 11.6 Å². The lowest BCUT2D eigenvalue weighted by Gasteiger charge is -2.12. The second kappa shape index (κ2) is 5.79.